The van der Waals surface area contributed by atoms with E-state index in [4.69, 9.17) is 73.4 Å². The third kappa shape index (κ3) is 21.4. The number of hydrogen-bond acceptors (Lipinski definition) is 26. The number of benzene rings is 8. The van der Waals surface area contributed by atoms with Gasteiger partial charge in [0.2, 0.25) is 17.7 Å². The number of nitrogen functional groups attached to an aromatic ring is 4. The largest absolute Gasteiger partial charge is 0.457 e. The third-order valence-electron chi connectivity index (χ3n) is 23.7. The van der Waals surface area contributed by atoms with E-state index in [1.54, 1.807) is 42.4 Å². The summed E-state index contributed by atoms with van der Waals surface area (Å²) in [5, 5.41) is 22.4. The van der Waals surface area contributed by atoms with E-state index >= 15 is 0 Å². The van der Waals surface area contributed by atoms with Gasteiger partial charge in [-0.3, -0.25) is 19.2 Å². The number of para-hydroxylation sites is 4. The van der Waals surface area contributed by atoms with Crippen molar-refractivity contribution in [2.45, 2.75) is 63.2 Å². The number of piperidine rings is 1. The maximum Gasteiger partial charge on any atom is 0.298 e. The van der Waals surface area contributed by atoms with Crippen molar-refractivity contribution in [1.82, 2.24) is 103 Å². The zero-order valence-corrected chi connectivity index (χ0v) is 75.9. The normalized spacial score (nSPS) is 15.9. The van der Waals surface area contributed by atoms with Crippen LogP contribution in [0, 0.1) is 12.3 Å². The first-order valence-corrected chi connectivity index (χ1v) is 44.9. The Morgan fingerprint density at radius 2 is 0.650 bits per heavy atom. The molecule has 4 aliphatic rings. The molecule has 34 nitrogen and oxygen atoms in total. The molecule has 8 aromatic heterocycles. The molecule has 0 spiro atoms. The molecule has 4 saturated heterocycles. The maximum atomic E-state index is 12.6. The zero-order valence-electron chi connectivity index (χ0n) is 75.9. The summed E-state index contributed by atoms with van der Waals surface area (Å²) >= 11 is 0. The SMILES string of the molecule is C#CC(=O)N1CCC(n2nc(-c3ccc(Oc4ccccc4)cc3)c3c(N)ncnc32)C1.C/C=C/C(=O)N1CCCC(n2nc(-c3ccc(Oc4ccccc4)cc3)c3c(N)ncnc32)C1.CN(C)C/C=C/C(=O)N1CCC(n2nc(-c3ccc(Oc4ccccc4)cc3)c3c(N)ncnc32)C1.COC/C=C/C(=O)N1CCC(n2nc(-c3ccc(Oc4ccccc4)cc3)c3c(N)ncnc32)C1. The molecule has 12 heterocycles. The summed E-state index contributed by atoms with van der Waals surface area (Å²) in [6.07, 6.45) is 25.3. The fraction of sp³-hybridized carbons (Fsp3) is 0.223. The number of rotatable bonds is 23. The highest BCUT2D eigenvalue weighted by atomic mass is 16.5. The number of nitrogens with zero attached hydrogens (tertiary/aromatic N) is 21. The smallest absolute Gasteiger partial charge is 0.298 e. The van der Waals surface area contributed by atoms with E-state index in [0.717, 1.165) is 119 Å². The second-order valence-electron chi connectivity index (χ2n) is 33.2. The van der Waals surface area contributed by atoms with Crippen molar-refractivity contribution in [3.05, 3.63) is 280 Å². The minimum atomic E-state index is -0.313. The average Bonchev–Trinajstić information content (AvgIpc) is 1.62. The van der Waals surface area contributed by atoms with Crippen LogP contribution in [-0.4, -0.2) is 214 Å². The summed E-state index contributed by atoms with van der Waals surface area (Å²) in [4.78, 5) is 93.4. The molecule has 0 saturated carbocycles. The number of methoxy groups -OCH3 is 1. The number of nitrogens with two attached hydrogens (primary N) is 4. The Morgan fingerprint density at radius 1 is 0.372 bits per heavy atom. The van der Waals surface area contributed by atoms with Gasteiger partial charge in [-0.25, -0.2) is 58.6 Å². The van der Waals surface area contributed by atoms with E-state index in [2.05, 4.69) is 45.8 Å². The van der Waals surface area contributed by atoms with E-state index in [-0.39, 0.29) is 47.8 Å². The van der Waals surface area contributed by atoms with Crippen molar-refractivity contribution in [2.75, 3.05) is 110 Å². The molecule has 692 valence electrons. The predicted molar refractivity (Wildman–Crippen MR) is 525 cm³/mol. The van der Waals surface area contributed by atoms with Crippen molar-refractivity contribution in [3.8, 4) is 103 Å². The summed E-state index contributed by atoms with van der Waals surface area (Å²) in [7, 11) is 5.54. The highest BCUT2D eigenvalue weighted by Crippen LogP contribution is 2.42. The highest BCUT2D eigenvalue weighted by molar-refractivity contribution is 6.02. The molecule has 0 bridgehead atoms. The number of hydrogen-bond donors (Lipinski definition) is 4. The van der Waals surface area contributed by atoms with E-state index in [0.29, 0.717) is 137 Å². The number of carbonyl (C=O) groups excluding carboxylic acids is 4. The van der Waals surface area contributed by atoms with Crippen LogP contribution in [0.3, 0.4) is 0 Å². The topological polar surface area (TPSA) is 409 Å². The molecule has 16 aromatic rings. The maximum absolute atomic E-state index is 12.6. The lowest BCUT2D eigenvalue weighted by atomic mass is 10.1. The third-order valence-corrected chi connectivity index (χ3v) is 23.7. The number of likely N-dealkylation sites (N-methyl/N-ethyl adjacent to an activating group) is 1. The van der Waals surface area contributed by atoms with E-state index in [1.807, 2.05) is 284 Å². The summed E-state index contributed by atoms with van der Waals surface area (Å²) < 4.78 is 36.1. The van der Waals surface area contributed by atoms with Crippen molar-refractivity contribution >= 4 is 91.0 Å². The standard InChI is InChI=1S/C27H29N7O2.C26H26N6O3.C26H26N6O2.C24H20N6O2/c1-32(2)15-6-9-23(35)33-16-14-20(17-33)34-27-24(26(28)29-18-30-27)25(31-34)19-10-12-22(13-11-19)36-21-7-4-3-5-8-21;1-34-15-5-8-22(33)31-14-13-19(16-31)32-26-23(25(27)28-17-29-26)24(30-32)18-9-11-21(12-10-18)35-20-6-3-2-4-7-20;1-2-7-22(33)31-15-6-8-19(16-31)32-26-23(25(27)28-17-29-26)24(30-32)18-11-13-21(14-12-18)34-20-9-4-3-5-10-20;1-2-20(31)29-13-12-17(14-29)30-24-21(23(25)26-15-27-24)22(28-30)16-8-10-19(11-9-16)32-18-6-4-3-5-7-18/h3-13,18,20H,14-17H2,1-2H3,(H2,28,29,30);2-12,17,19H,13-16H2,1H3,(H2,27,28,29);2-5,7,9-14,17,19H,6,8,15-16H2,1H3,(H2,27,28,29);1,3-11,15,17H,12-14H2,(H2,25,26,27)/b9-6+;8-5+;7-2+;. The molecular formula is C103H101N25O9. The number of carbonyl (C=O) groups is 4. The van der Waals surface area contributed by atoms with Gasteiger partial charge in [0.25, 0.3) is 5.91 Å². The average molecular weight is 1830 g/mol. The monoisotopic (exact) mass is 1830 g/mol. The fourth-order valence-corrected chi connectivity index (χ4v) is 17.0. The van der Waals surface area contributed by atoms with Crippen LogP contribution in [0.5, 0.6) is 46.0 Å². The van der Waals surface area contributed by atoms with Gasteiger partial charge in [0.05, 0.1) is 52.3 Å². The van der Waals surface area contributed by atoms with Crippen molar-refractivity contribution in [3.63, 3.8) is 0 Å². The molecule has 4 aliphatic heterocycles. The molecule has 34 heteroatoms. The number of anilines is 4. The van der Waals surface area contributed by atoms with Crippen LogP contribution in [0.4, 0.5) is 23.3 Å². The second kappa shape index (κ2) is 42.7. The Bertz CT molecular complexity index is 7080. The minimum Gasteiger partial charge on any atom is -0.457 e. The number of likely N-dealkylation sites (tertiary alicyclic amines) is 4. The lowest BCUT2D eigenvalue weighted by molar-refractivity contribution is -0.128. The summed E-state index contributed by atoms with van der Waals surface area (Å²) in [6.45, 7) is 7.77. The lowest BCUT2D eigenvalue weighted by Crippen LogP contribution is -2.40. The van der Waals surface area contributed by atoms with Gasteiger partial charge in [0.1, 0.15) is 117 Å². The fourth-order valence-electron chi connectivity index (χ4n) is 17.0. The van der Waals surface area contributed by atoms with Gasteiger partial charge in [-0.2, -0.15) is 20.4 Å². The van der Waals surface area contributed by atoms with Gasteiger partial charge in [0, 0.05) is 100 Å². The minimum absolute atomic E-state index is 0.00226. The lowest BCUT2D eigenvalue weighted by Gasteiger charge is -2.32. The van der Waals surface area contributed by atoms with Gasteiger partial charge in [-0.15, -0.1) is 6.42 Å². The molecular weight excluding hydrogens is 1730 g/mol. The van der Waals surface area contributed by atoms with Crippen LogP contribution in [0.2, 0.25) is 0 Å². The molecule has 8 aromatic carbocycles. The molecule has 137 heavy (non-hydrogen) atoms. The highest BCUT2D eigenvalue weighted by Gasteiger charge is 2.35. The van der Waals surface area contributed by atoms with Crippen LogP contribution in [0.1, 0.15) is 63.2 Å². The van der Waals surface area contributed by atoms with Gasteiger partial charge >= 0.3 is 0 Å². The number of aromatic nitrogens is 16. The number of ether oxygens (including phenoxy) is 5. The first-order chi connectivity index (χ1) is 66.9. The first kappa shape index (κ1) is 91.8. The molecule has 20 rings (SSSR count). The van der Waals surface area contributed by atoms with Crippen molar-refractivity contribution in [2.24, 2.45) is 0 Å². The van der Waals surface area contributed by atoms with Crippen LogP contribution in [-0.2, 0) is 23.9 Å². The molecule has 8 N–H and O–H groups in total. The van der Waals surface area contributed by atoms with Crippen molar-refractivity contribution in [1.29, 1.82) is 0 Å². The molecule has 4 amide bonds. The zero-order chi connectivity index (χ0) is 94.8. The van der Waals surface area contributed by atoms with E-state index in [1.165, 1.54) is 25.3 Å². The Kier molecular flexibility index (Phi) is 28.6. The molecule has 0 aliphatic carbocycles. The molecule has 4 fully saturated rings. The van der Waals surface area contributed by atoms with Gasteiger partial charge < -0.3 is 71.1 Å². The predicted octanol–water partition coefficient (Wildman–Crippen LogP) is 15.5. The van der Waals surface area contributed by atoms with Gasteiger partial charge in [-0.05, 0) is 211 Å². The Balaban J connectivity index is 0.000000127. The Labute approximate surface area is 789 Å². The van der Waals surface area contributed by atoms with Crippen LogP contribution in [0.15, 0.2) is 280 Å². The summed E-state index contributed by atoms with van der Waals surface area (Å²) in [5.74, 6) is 9.32. The van der Waals surface area contributed by atoms with Crippen molar-refractivity contribution < 1.29 is 42.9 Å². The summed E-state index contributed by atoms with van der Waals surface area (Å²) in [5.41, 5.74) is 34.0. The summed E-state index contributed by atoms with van der Waals surface area (Å²) in [6, 6.07) is 69.2. The van der Waals surface area contributed by atoms with Gasteiger partial charge in [-0.1, -0.05) is 91.0 Å². The van der Waals surface area contributed by atoms with Crippen LogP contribution < -0.4 is 41.9 Å². The molecule has 4 atom stereocenters. The number of allylic oxidation sites excluding steroid dienone is 1. The Hall–Kier alpha value is -17.1. The van der Waals surface area contributed by atoms with E-state index in [9.17, 15) is 19.2 Å². The number of fused-ring (bicyclic) bond motifs is 4. The van der Waals surface area contributed by atoms with Gasteiger partial charge in [0.15, 0.2) is 22.6 Å². The number of amides is 4. The molecule has 4 unspecified atom stereocenters. The Morgan fingerprint density at radius 3 is 0.949 bits per heavy atom. The second-order valence-corrected chi connectivity index (χ2v) is 33.2. The quantitative estimate of drug-likeness (QED) is 0.0341. The van der Waals surface area contributed by atoms with Crippen LogP contribution in [0.25, 0.3) is 89.2 Å². The number of terminal acetylenes is 1. The van der Waals surface area contributed by atoms with Crippen LogP contribution >= 0.6 is 0 Å². The first-order valence-electron chi connectivity index (χ1n) is 44.9. The molecule has 0 radical (unpaired) electrons. The van der Waals surface area contributed by atoms with E-state index < -0.39 is 0 Å².